The molecule has 4 aromatic rings. The van der Waals surface area contributed by atoms with Crippen LogP contribution >= 0.6 is 11.3 Å². The molecule has 6 rings (SSSR count). The molecule has 2 aromatic carbocycles. The summed E-state index contributed by atoms with van der Waals surface area (Å²) in [6, 6.07) is 16.8. The van der Waals surface area contributed by atoms with Crippen LogP contribution in [0.15, 0.2) is 64.9 Å². The molecule has 44 heavy (non-hydrogen) atoms. The number of hydrogen-bond donors (Lipinski definition) is 2. The van der Waals surface area contributed by atoms with E-state index < -0.39 is 15.1 Å². The van der Waals surface area contributed by atoms with Gasteiger partial charge in [0.1, 0.15) is 0 Å². The van der Waals surface area contributed by atoms with E-state index in [0.29, 0.717) is 29.1 Å². The molecule has 2 fully saturated rings. The number of anilines is 4. The number of nitrogens with zero attached hydrogens (tertiary/aromatic N) is 5. The number of carbonyl (C=O) groups excluding carboxylic acids is 1. The number of rotatable bonds is 8. The predicted octanol–water partition coefficient (Wildman–Crippen LogP) is 5.21. The summed E-state index contributed by atoms with van der Waals surface area (Å²) in [6.07, 6.45) is 2.03. The lowest BCUT2D eigenvalue weighted by atomic mass is 10.0. The number of nitrogens with one attached hydrogen (secondary N) is 2. The molecule has 4 heterocycles. The Kier molecular flexibility index (Phi) is 8.86. The number of piperidine rings is 1. The van der Waals surface area contributed by atoms with Crippen LogP contribution in [0.3, 0.4) is 0 Å². The number of thiophene rings is 1. The number of carbonyl (C=O) groups is 1. The maximum absolute atomic E-state index is 13.3. The van der Waals surface area contributed by atoms with Crippen LogP contribution in [0.4, 0.5) is 23.1 Å². The second-order valence-corrected chi connectivity index (χ2v) is 15.2. The largest absolute Gasteiger partial charge is 0.339 e. The number of aromatic nitrogens is 2. The molecular weight excluding hydrogens is 595 g/mol. The Hall–Kier alpha value is -3.58. The molecule has 2 aliphatic heterocycles. The minimum Gasteiger partial charge on any atom is -0.339 e. The van der Waals surface area contributed by atoms with Crippen LogP contribution < -0.4 is 10.6 Å². The van der Waals surface area contributed by atoms with Gasteiger partial charge in [-0.05, 0) is 81.6 Å². The van der Waals surface area contributed by atoms with E-state index in [1.807, 2.05) is 40.6 Å². The average Bonchev–Trinajstić information content (AvgIpc) is 3.51. The normalized spacial score (nSPS) is 17.3. The number of benzene rings is 2. The molecule has 2 N–H and O–H groups in total. The summed E-state index contributed by atoms with van der Waals surface area (Å²) in [4.78, 5) is 29.8. The highest BCUT2D eigenvalue weighted by Gasteiger charge is 2.29. The standard InChI is InChI=1S/C32H39N7O3S2/c1-22(2)44(41,42)28-7-5-4-6-26(28)34-30-29-27(14-21-43-29)35-32(36-30)33-24-10-8-23(9-11-24)31(40)39-15-12-25(13-16-39)38-19-17-37(3)18-20-38/h4-11,14,21-22,25H,12-13,15-20H2,1-3H3,(H2,33,34,35,36). The third-order valence-electron chi connectivity index (χ3n) is 8.56. The summed E-state index contributed by atoms with van der Waals surface area (Å²) in [6.45, 7) is 9.34. The molecule has 0 spiro atoms. The molecule has 2 saturated heterocycles. The summed E-state index contributed by atoms with van der Waals surface area (Å²) in [5.41, 5.74) is 2.62. The van der Waals surface area contributed by atoms with Gasteiger partial charge in [0.25, 0.3) is 5.91 Å². The minimum absolute atomic E-state index is 0.0609. The number of fused-ring (bicyclic) bond motifs is 1. The van der Waals surface area contributed by atoms with E-state index in [-0.39, 0.29) is 10.8 Å². The molecule has 12 heteroatoms. The van der Waals surface area contributed by atoms with Crippen LogP contribution in [0.25, 0.3) is 10.2 Å². The predicted molar refractivity (Wildman–Crippen MR) is 177 cm³/mol. The first-order valence-electron chi connectivity index (χ1n) is 15.1. The van der Waals surface area contributed by atoms with Gasteiger partial charge in [-0.25, -0.2) is 13.4 Å². The molecule has 0 unspecified atom stereocenters. The lowest BCUT2D eigenvalue weighted by Crippen LogP contribution is -2.52. The van der Waals surface area contributed by atoms with Gasteiger partial charge in [-0.15, -0.1) is 11.3 Å². The van der Waals surface area contributed by atoms with E-state index >= 15 is 0 Å². The maximum Gasteiger partial charge on any atom is 0.253 e. The Labute approximate surface area is 263 Å². The number of likely N-dealkylation sites (tertiary alicyclic amines) is 1. The SMILES string of the molecule is CC(C)S(=O)(=O)c1ccccc1Nc1nc(Nc2ccc(C(=O)N3CCC(N4CCN(C)CC4)CC3)cc2)nc2ccsc12. The van der Waals surface area contributed by atoms with E-state index in [1.54, 1.807) is 38.1 Å². The van der Waals surface area contributed by atoms with Gasteiger partial charge in [-0.3, -0.25) is 9.69 Å². The average molecular weight is 634 g/mol. The molecule has 0 bridgehead atoms. The van der Waals surface area contributed by atoms with Crippen molar-refractivity contribution >= 4 is 60.4 Å². The van der Waals surface area contributed by atoms with Crippen LogP contribution in [-0.4, -0.2) is 96.6 Å². The monoisotopic (exact) mass is 633 g/mol. The zero-order valence-corrected chi connectivity index (χ0v) is 27.0. The van der Waals surface area contributed by atoms with Crippen molar-refractivity contribution in [2.24, 2.45) is 0 Å². The molecule has 2 aliphatic rings. The second kappa shape index (κ2) is 12.8. The fourth-order valence-electron chi connectivity index (χ4n) is 5.83. The van der Waals surface area contributed by atoms with Crippen molar-refractivity contribution in [3.05, 3.63) is 65.5 Å². The zero-order valence-electron chi connectivity index (χ0n) is 25.4. The third kappa shape index (κ3) is 6.44. The molecule has 0 atom stereocenters. The molecule has 0 radical (unpaired) electrons. The van der Waals surface area contributed by atoms with Crippen molar-refractivity contribution in [3.63, 3.8) is 0 Å². The topological polar surface area (TPSA) is 111 Å². The van der Waals surface area contributed by atoms with Crippen LogP contribution in [0.2, 0.25) is 0 Å². The smallest absolute Gasteiger partial charge is 0.253 e. The molecule has 0 saturated carbocycles. The quantitative estimate of drug-likeness (QED) is 0.270. The van der Waals surface area contributed by atoms with E-state index in [9.17, 15) is 13.2 Å². The van der Waals surface area contributed by atoms with Crippen molar-refractivity contribution in [1.29, 1.82) is 0 Å². The fraction of sp³-hybridized carbons (Fsp3) is 0.406. The summed E-state index contributed by atoms with van der Waals surface area (Å²) in [5, 5.41) is 7.89. The first-order chi connectivity index (χ1) is 21.2. The lowest BCUT2D eigenvalue weighted by Gasteiger charge is -2.42. The number of sulfone groups is 1. The van der Waals surface area contributed by atoms with Crippen LogP contribution in [-0.2, 0) is 9.84 Å². The van der Waals surface area contributed by atoms with Gasteiger partial charge in [0.15, 0.2) is 15.7 Å². The Bertz CT molecular complexity index is 1720. The highest BCUT2D eigenvalue weighted by Crippen LogP contribution is 2.33. The summed E-state index contributed by atoms with van der Waals surface area (Å²) in [7, 11) is -1.33. The summed E-state index contributed by atoms with van der Waals surface area (Å²) in [5.74, 6) is 0.948. The Balaban J connectivity index is 1.14. The zero-order chi connectivity index (χ0) is 30.8. The number of hydrogen-bond acceptors (Lipinski definition) is 10. The van der Waals surface area contributed by atoms with Crippen molar-refractivity contribution in [2.75, 3.05) is 56.9 Å². The van der Waals surface area contributed by atoms with Gasteiger partial charge >= 0.3 is 0 Å². The highest BCUT2D eigenvalue weighted by atomic mass is 32.2. The van der Waals surface area contributed by atoms with Gasteiger partial charge in [0.05, 0.1) is 26.0 Å². The van der Waals surface area contributed by atoms with Crippen LogP contribution in [0, 0.1) is 0 Å². The first-order valence-corrected chi connectivity index (χ1v) is 17.6. The number of para-hydroxylation sites is 1. The Morgan fingerprint density at radius 3 is 2.32 bits per heavy atom. The van der Waals surface area contributed by atoms with Crippen LogP contribution in [0.5, 0.6) is 0 Å². The summed E-state index contributed by atoms with van der Waals surface area (Å²) >= 11 is 1.48. The first kappa shape index (κ1) is 30.4. The molecule has 10 nitrogen and oxygen atoms in total. The Morgan fingerprint density at radius 1 is 0.909 bits per heavy atom. The Morgan fingerprint density at radius 2 is 1.61 bits per heavy atom. The van der Waals surface area contributed by atoms with Crippen molar-refractivity contribution in [3.8, 4) is 0 Å². The fourth-order valence-corrected chi connectivity index (χ4v) is 7.81. The molecule has 232 valence electrons. The number of amides is 1. The lowest BCUT2D eigenvalue weighted by molar-refractivity contribution is 0.0519. The van der Waals surface area contributed by atoms with Crippen LogP contribution in [0.1, 0.15) is 37.0 Å². The van der Waals surface area contributed by atoms with E-state index in [4.69, 9.17) is 4.98 Å². The van der Waals surface area contributed by atoms with Crippen molar-refractivity contribution in [2.45, 2.75) is 42.9 Å². The van der Waals surface area contributed by atoms with E-state index in [2.05, 4.69) is 32.5 Å². The van der Waals surface area contributed by atoms with E-state index in [0.717, 1.165) is 68.0 Å². The van der Waals surface area contributed by atoms with Gasteiger partial charge in [-0.2, -0.15) is 4.98 Å². The highest BCUT2D eigenvalue weighted by molar-refractivity contribution is 7.92. The summed E-state index contributed by atoms with van der Waals surface area (Å²) < 4.78 is 26.9. The van der Waals surface area contributed by atoms with Crippen molar-refractivity contribution < 1.29 is 13.2 Å². The number of likely N-dealkylation sites (N-methyl/N-ethyl adjacent to an activating group) is 1. The molecular formula is C32H39N7O3S2. The van der Waals surface area contributed by atoms with Gasteiger partial charge in [-0.1, -0.05) is 12.1 Å². The minimum atomic E-state index is -3.51. The third-order valence-corrected chi connectivity index (χ3v) is 11.7. The molecule has 1 amide bonds. The van der Waals surface area contributed by atoms with Crippen molar-refractivity contribution in [1.82, 2.24) is 24.7 Å². The van der Waals surface area contributed by atoms with Gasteiger partial charge < -0.3 is 20.4 Å². The number of piperazine rings is 1. The molecule has 2 aromatic heterocycles. The van der Waals surface area contributed by atoms with E-state index in [1.165, 1.54) is 11.3 Å². The molecule has 0 aliphatic carbocycles. The second-order valence-electron chi connectivity index (χ2n) is 11.8. The maximum atomic E-state index is 13.3. The van der Waals surface area contributed by atoms with Gasteiger partial charge in [0.2, 0.25) is 5.95 Å². The van der Waals surface area contributed by atoms with Gasteiger partial charge in [0, 0.05) is 56.6 Å².